The molecular weight excluding hydrogens is 576 g/mol. The van der Waals surface area contributed by atoms with E-state index < -0.39 is 23.7 Å². The first-order chi connectivity index (χ1) is 19.3. The molecule has 2 aliphatic carbocycles. The summed E-state index contributed by atoms with van der Waals surface area (Å²) in [6, 6.07) is 2.96. The van der Waals surface area contributed by atoms with E-state index in [1.165, 1.54) is 11.8 Å². The van der Waals surface area contributed by atoms with Gasteiger partial charge >= 0.3 is 0 Å². The van der Waals surface area contributed by atoms with Crippen molar-refractivity contribution in [2.24, 2.45) is 11.8 Å². The van der Waals surface area contributed by atoms with Gasteiger partial charge in [0, 0.05) is 71.5 Å². The molecule has 2 heterocycles. The van der Waals surface area contributed by atoms with Crippen LogP contribution in [-0.2, 0) is 11.3 Å². The first-order valence-corrected chi connectivity index (χ1v) is 15.3. The van der Waals surface area contributed by atoms with Crippen LogP contribution in [0.2, 0.25) is 5.02 Å². The Morgan fingerprint density at radius 3 is 2.41 bits per heavy atom. The number of aromatic amines is 1. The fourth-order valence-corrected chi connectivity index (χ4v) is 6.95. The maximum absolute atomic E-state index is 13.2. The molecule has 2 aromatic rings. The van der Waals surface area contributed by atoms with Crippen molar-refractivity contribution in [3.05, 3.63) is 49.9 Å². The lowest BCUT2D eigenvalue weighted by molar-refractivity contribution is -0.140. The maximum Gasteiger partial charge on any atom is 0.254 e. The van der Waals surface area contributed by atoms with Gasteiger partial charge in [-0.1, -0.05) is 11.6 Å². The Kier molecular flexibility index (Phi) is 8.06. The number of rotatable bonds is 7. The number of aromatic nitrogens is 1. The van der Waals surface area contributed by atoms with E-state index in [1.54, 1.807) is 19.9 Å². The second kappa shape index (κ2) is 11.1. The standard InChI is InChI=1S/C29H34ClF2N3O5S/c1-14-9-22(41-4)20(27(38)34-14)13-33-26(37)19-10-21(30)24-23(15(19)2)39-28(3,40-24)17-7-5-16(6-8-17)25(36)35-18-11-29(31,32)12-18/h9-10,16-18H,5-8,11-13H2,1-4H3,(H,33,37)(H,34,38)(H,35,36)/t16-,17+,28-/m1/s1. The second-order valence-corrected chi connectivity index (χ2v) is 12.7. The third kappa shape index (κ3) is 5.93. The van der Waals surface area contributed by atoms with Crippen LogP contribution >= 0.6 is 23.4 Å². The molecule has 0 saturated heterocycles. The average molecular weight is 610 g/mol. The quantitative estimate of drug-likeness (QED) is 0.358. The summed E-state index contributed by atoms with van der Waals surface area (Å²) in [6.07, 6.45) is 3.76. The van der Waals surface area contributed by atoms with Crippen LogP contribution in [-0.4, -0.2) is 40.8 Å². The highest BCUT2D eigenvalue weighted by molar-refractivity contribution is 7.98. The van der Waals surface area contributed by atoms with Crippen LogP contribution in [0.5, 0.6) is 11.5 Å². The van der Waals surface area contributed by atoms with Gasteiger partial charge in [-0.25, -0.2) is 8.78 Å². The average Bonchev–Trinajstić information content (AvgIpc) is 3.28. The summed E-state index contributed by atoms with van der Waals surface area (Å²) in [5.41, 5.74) is 1.86. The zero-order chi connectivity index (χ0) is 29.7. The zero-order valence-corrected chi connectivity index (χ0v) is 25.0. The van der Waals surface area contributed by atoms with Gasteiger partial charge < -0.3 is 25.1 Å². The second-order valence-electron chi connectivity index (χ2n) is 11.4. The third-order valence-electron chi connectivity index (χ3n) is 8.44. The Morgan fingerprint density at radius 1 is 1.12 bits per heavy atom. The molecule has 1 atom stereocenters. The zero-order valence-electron chi connectivity index (χ0n) is 23.4. The van der Waals surface area contributed by atoms with Crippen molar-refractivity contribution in [1.29, 1.82) is 0 Å². The van der Waals surface area contributed by atoms with Gasteiger partial charge in [0.05, 0.1) is 5.02 Å². The van der Waals surface area contributed by atoms with E-state index in [2.05, 4.69) is 15.6 Å². The number of alkyl halides is 2. The molecular formula is C29H34ClF2N3O5S. The van der Waals surface area contributed by atoms with E-state index >= 15 is 0 Å². The number of aryl methyl sites for hydroxylation is 1. The highest BCUT2D eigenvalue weighted by Crippen LogP contribution is 2.52. The first-order valence-electron chi connectivity index (χ1n) is 13.7. The molecule has 2 fully saturated rings. The minimum absolute atomic E-state index is 0.0436. The molecule has 41 heavy (non-hydrogen) atoms. The number of carbonyl (C=O) groups excluding carboxylic acids is 2. The van der Waals surface area contributed by atoms with Crippen molar-refractivity contribution in [1.82, 2.24) is 15.6 Å². The Hall–Kier alpha value is -2.79. The Labute approximate surface area is 246 Å². The summed E-state index contributed by atoms with van der Waals surface area (Å²) in [7, 11) is 0. The molecule has 3 N–H and O–H groups in total. The van der Waals surface area contributed by atoms with Crippen LogP contribution < -0.4 is 25.7 Å². The minimum Gasteiger partial charge on any atom is -0.448 e. The van der Waals surface area contributed by atoms with Gasteiger partial charge in [-0.2, -0.15) is 0 Å². The molecule has 0 spiro atoms. The summed E-state index contributed by atoms with van der Waals surface area (Å²) < 4.78 is 38.9. The number of pyridine rings is 1. The van der Waals surface area contributed by atoms with E-state index in [-0.39, 0.29) is 47.7 Å². The fraction of sp³-hybridized carbons (Fsp3) is 0.552. The molecule has 8 nitrogen and oxygen atoms in total. The Morgan fingerprint density at radius 2 is 1.78 bits per heavy atom. The Balaban J connectivity index is 1.23. The normalized spacial score (nSPS) is 25.0. The SMILES string of the molecule is CSc1cc(C)[nH]c(=O)c1CNC(=O)c1cc(Cl)c2c(c1C)O[C@@](C)([C@H]1CC[C@@H](C(=O)NC3CC(F)(F)C3)CC1)O2. The van der Waals surface area contributed by atoms with Crippen LogP contribution in [0.4, 0.5) is 8.78 Å². The molecule has 1 aliphatic heterocycles. The number of thioether (sulfide) groups is 1. The van der Waals surface area contributed by atoms with Gasteiger partial charge in [0.15, 0.2) is 11.5 Å². The lowest BCUT2D eigenvalue weighted by Crippen LogP contribution is -2.52. The van der Waals surface area contributed by atoms with Crippen molar-refractivity contribution in [3.8, 4) is 11.5 Å². The largest absolute Gasteiger partial charge is 0.448 e. The fourth-order valence-electron chi connectivity index (χ4n) is 6.01. The summed E-state index contributed by atoms with van der Waals surface area (Å²) in [5.74, 6) is -3.79. The van der Waals surface area contributed by atoms with Gasteiger partial charge in [-0.05, 0) is 57.9 Å². The predicted octanol–water partition coefficient (Wildman–Crippen LogP) is 5.50. The molecule has 2 amide bonds. The molecule has 1 aromatic heterocycles. The Bertz CT molecular complexity index is 1430. The molecule has 2 saturated carbocycles. The lowest BCUT2D eigenvalue weighted by atomic mass is 9.77. The molecule has 3 aliphatic rings. The number of carbonyl (C=O) groups is 2. The molecule has 0 unspecified atom stereocenters. The molecule has 0 radical (unpaired) electrons. The molecule has 5 rings (SSSR count). The van der Waals surface area contributed by atoms with Gasteiger partial charge in [-0.15, -0.1) is 11.8 Å². The molecule has 0 bridgehead atoms. The van der Waals surface area contributed by atoms with E-state index in [0.29, 0.717) is 53.9 Å². The van der Waals surface area contributed by atoms with Crippen molar-refractivity contribution >= 4 is 35.2 Å². The summed E-state index contributed by atoms with van der Waals surface area (Å²) in [6.45, 7) is 5.45. The highest BCUT2D eigenvalue weighted by atomic mass is 35.5. The van der Waals surface area contributed by atoms with Gasteiger partial charge in [0.25, 0.3) is 23.2 Å². The lowest BCUT2D eigenvalue weighted by Gasteiger charge is -2.39. The smallest absolute Gasteiger partial charge is 0.254 e. The molecule has 222 valence electrons. The monoisotopic (exact) mass is 609 g/mol. The first kappa shape index (κ1) is 29.7. The highest BCUT2D eigenvalue weighted by Gasteiger charge is 2.49. The van der Waals surface area contributed by atoms with Crippen molar-refractivity contribution in [2.75, 3.05) is 6.26 Å². The van der Waals surface area contributed by atoms with Crippen molar-refractivity contribution < 1.29 is 27.8 Å². The number of benzene rings is 1. The number of nitrogens with one attached hydrogen (secondary N) is 3. The van der Waals surface area contributed by atoms with E-state index in [0.717, 1.165) is 10.6 Å². The summed E-state index contributed by atoms with van der Waals surface area (Å²) in [4.78, 5) is 41.9. The van der Waals surface area contributed by atoms with Crippen LogP contribution in [0.15, 0.2) is 21.8 Å². The van der Waals surface area contributed by atoms with E-state index in [9.17, 15) is 23.2 Å². The predicted molar refractivity (Wildman–Crippen MR) is 152 cm³/mol. The van der Waals surface area contributed by atoms with E-state index in [1.807, 2.05) is 19.2 Å². The molecule has 1 aromatic carbocycles. The van der Waals surface area contributed by atoms with Crippen LogP contribution in [0, 0.1) is 25.7 Å². The number of H-pyrrole nitrogens is 1. The van der Waals surface area contributed by atoms with Crippen LogP contribution in [0.25, 0.3) is 0 Å². The summed E-state index contributed by atoms with van der Waals surface area (Å²) >= 11 is 8.00. The summed E-state index contributed by atoms with van der Waals surface area (Å²) in [5, 5.41) is 5.82. The van der Waals surface area contributed by atoms with Crippen LogP contribution in [0.1, 0.15) is 72.6 Å². The number of ether oxygens (including phenoxy) is 2. The topological polar surface area (TPSA) is 110 Å². The van der Waals surface area contributed by atoms with E-state index in [4.69, 9.17) is 21.1 Å². The number of amides is 2. The third-order valence-corrected chi connectivity index (χ3v) is 9.53. The van der Waals surface area contributed by atoms with Crippen molar-refractivity contribution in [2.45, 2.75) is 88.5 Å². The van der Waals surface area contributed by atoms with Gasteiger partial charge in [0.1, 0.15) is 0 Å². The van der Waals surface area contributed by atoms with Crippen molar-refractivity contribution in [3.63, 3.8) is 0 Å². The van der Waals surface area contributed by atoms with Crippen LogP contribution in [0.3, 0.4) is 0 Å². The molecule has 12 heteroatoms. The van der Waals surface area contributed by atoms with Gasteiger partial charge in [-0.3, -0.25) is 14.4 Å². The maximum atomic E-state index is 13.2. The number of fused-ring (bicyclic) bond motifs is 1. The van der Waals surface area contributed by atoms with Gasteiger partial charge in [0.2, 0.25) is 5.91 Å². The minimum atomic E-state index is -2.67. The number of halogens is 3. The number of hydrogen-bond acceptors (Lipinski definition) is 6. The number of hydrogen-bond donors (Lipinski definition) is 3.